The van der Waals surface area contributed by atoms with E-state index < -0.39 is 0 Å². The third kappa shape index (κ3) is 3.05. The van der Waals surface area contributed by atoms with E-state index in [4.69, 9.17) is 11.6 Å². The lowest BCUT2D eigenvalue weighted by molar-refractivity contribution is 0.899. The Morgan fingerprint density at radius 2 is 2.18 bits per heavy atom. The highest BCUT2D eigenvalue weighted by atomic mass is 35.5. The van der Waals surface area contributed by atoms with Gasteiger partial charge in [0.2, 0.25) is 0 Å². The van der Waals surface area contributed by atoms with E-state index in [2.05, 4.69) is 35.3 Å². The molecule has 0 fully saturated rings. The maximum absolute atomic E-state index is 5.68. The highest BCUT2D eigenvalue weighted by Gasteiger charge is 2.08. The maximum Gasteiger partial charge on any atom is 0.142 e. The number of alkyl halides is 1. The SMILES string of the molecule is Cc1cnc(-c2nc(CCCCl)cs2)c(C)c1. The van der Waals surface area contributed by atoms with Crippen molar-refractivity contribution in [1.82, 2.24) is 9.97 Å². The largest absolute Gasteiger partial charge is 0.253 e. The second-order valence-corrected chi connectivity index (χ2v) is 5.35. The summed E-state index contributed by atoms with van der Waals surface area (Å²) in [6.07, 6.45) is 3.82. The molecule has 0 aliphatic rings. The Morgan fingerprint density at radius 3 is 2.88 bits per heavy atom. The van der Waals surface area contributed by atoms with Crippen LogP contribution in [0.25, 0.3) is 10.7 Å². The van der Waals surface area contributed by atoms with Crippen LogP contribution in [0.15, 0.2) is 17.6 Å². The topological polar surface area (TPSA) is 25.8 Å². The molecular formula is C13H15ClN2S. The molecule has 0 saturated heterocycles. The molecular weight excluding hydrogens is 252 g/mol. The predicted molar refractivity (Wildman–Crippen MR) is 73.9 cm³/mol. The first-order valence-electron chi connectivity index (χ1n) is 5.64. The van der Waals surface area contributed by atoms with E-state index in [9.17, 15) is 0 Å². The fourth-order valence-corrected chi connectivity index (χ4v) is 2.76. The van der Waals surface area contributed by atoms with Gasteiger partial charge in [-0.1, -0.05) is 6.07 Å². The van der Waals surface area contributed by atoms with Crippen LogP contribution in [-0.4, -0.2) is 15.8 Å². The van der Waals surface area contributed by atoms with Crippen molar-refractivity contribution in [3.63, 3.8) is 0 Å². The number of thiazole rings is 1. The molecule has 0 spiro atoms. The van der Waals surface area contributed by atoms with Gasteiger partial charge in [-0.2, -0.15) is 0 Å². The number of hydrogen-bond acceptors (Lipinski definition) is 3. The standard InChI is InChI=1S/C13H15ClN2S/c1-9-6-10(2)12(15-7-9)13-16-11(8-17-13)4-3-5-14/h6-8H,3-5H2,1-2H3. The Labute approximate surface area is 111 Å². The highest BCUT2D eigenvalue weighted by molar-refractivity contribution is 7.13. The van der Waals surface area contributed by atoms with Gasteiger partial charge in [-0.05, 0) is 37.8 Å². The van der Waals surface area contributed by atoms with Crippen molar-refractivity contribution >= 4 is 22.9 Å². The van der Waals surface area contributed by atoms with E-state index in [1.165, 1.54) is 11.1 Å². The molecule has 0 aliphatic carbocycles. The van der Waals surface area contributed by atoms with Gasteiger partial charge in [-0.3, -0.25) is 4.98 Å². The van der Waals surface area contributed by atoms with Gasteiger partial charge in [0, 0.05) is 17.5 Å². The summed E-state index contributed by atoms with van der Waals surface area (Å²) in [5, 5.41) is 3.11. The summed E-state index contributed by atoms with van der Waals surface area (Å²) in [6.45, 7) is 4.13. The quantitative estimate of drug-likeness (QED) is 0.782. The number of aromatic nitrogens is 2. The predicted octanol–water partition coefficient (Wildman–Crippen LogP) is 3.99. The molecule has 0 bridgehead atoms. The number of halogens is 1. The second kappa shape index (κ2) is 5.61. The van der Waals surface area contributed by atoms with Crippen molar-refractivity contribution in [3.8, 4) is 10.7 Å². The first-order valence-corrected chi connectivity index (χ1v) is 7.06. The van der Waals surface area contributed by atoms with Crippen molar-refractivity contribution in [2.24, 2.45) is 0 Å². The maximum atomic E-state index is 5.68. The van der Waals surface area contributed by atoms with Crippen LogP contribution in [0.3, 0.4) is 0 Å². The minimum atomic E-state index is 0.689. The van der Waals surface area contributed by atoms with E-state index in [1.807, 2.05) is 6.20 Å². The number of nitrogens with zero attached hydrogens (tertiary/aromatic N) is 2. The first-order chi connectivity index (χ1) is 8.20. The third-order valence-corrected chi connectivity index (χ3v) is 3.70. The average Bonchev–Trinajstić information content (AvgIpc) is 2.75. The zero-order valence-electron chi connectivity index (χ0n) is 10.0. The van der Waals surface area contributed by atoms with Gasteiger partial charge < -0.3 is 0 Å². The molecule has 4 heteroatoms. The Morgan fingerprint density at radius 1 is 1.35 bits per heavy atom. The number of aryl methyl sites for hydroxylation is 3. The fraction of sp³-hybridized carbons (Fsp3) is 0.385. The van der Waals surface area contributed by atoms with Crippen LogP contribution in [0.2, 0.25) is 0 Å². The van der Waals surface area contributed by atoms with Crippen LogP contribution in [0.1, 0.15) is 23.2 Å². The Bertz CT molecular complexity index is 508. The number of rotatable bonds is 4. The number of hydrogen-bond donors (Lipinski definition) is 0. The molecule has 2 nitrogen and oxygen atoms in total. The van der Waals surface area contributed by atoms with Crippen molar-refractivity contribution in [2.75, 3.05) is 5.88 Å². The smallest absolute Gasteiger partial charge is 0.142 e. The number of pyridine rings is 1. The van der Waals surface area contributed by atoms with Gasteiger partial charge in [0.25, 0.3) is 0 Å². The highest BCUT2D eigenvalue weighted by Crippen LogP contribution is 2.25. The zero-order valence-corrected chi connectivity index (χ0v) is 11.6. The molecule has 2 aromatic rings. The lowest BCUT2D eigenvalue weighted by atomic mass is 10.2. The molecule has 0 amide bonds. The summed E-state index contributed by atoms with van der Waals surface area (Å²) in [5.74, 6) is 0.689. The minimum absolute atomic E-state index is 0.689. The molecule has 2 rings (SSSR count). The summed E-state index contributed by atoms with van der Waals surface area (Å²) >= 11 is 7.34. The van der Waals surface area contributed by atoms with Crippen LogP contribution in [0.5, 0.6) is 0 Å². The summed E-state index contributed by atoms with van der Waals surface area (Å²) in [5.41, 5.74) is 4.48. The Kier molecular flexibility index (Phi) is 4.13. The Hall–Kier alpha value is -0.930. The molecule has 90 valence electrons. The van der Waals surface area contributed by atoms with Crippen LogP contribution in [-0.2, 0) is 6.42 Å². The zero-order chi connectivity index (χ0) is 12.3. The van der Waals surface area contributed by atoms with Gasteiger partial charge in [0.1, 0.15) is 10.7 Å². The Balaban J connectivity index is 2.24. The normalized spacial score (nSPS) is 10.8. The van der Waals surface area contributed by atoms with E-state index in [-0.39, 0.29) is 0 Å². The monoisotopic (exact) mass is 266 g/mol. The van der Waals surface area contributed by atoms with E-state index >= 15 is 0 Å². The fourth-order valence-electron chi connectivity index (χ4n) is 1.72. The lowest BCUT2D eigenvalue weighted by Gasteiger charge is -2.01. The van der Waals surface area contributed by atoms with Crippen molar-refractivity contribution in [1.29, 1.82) is 0 Å². The molecule has 0 N–H and O–H groups in total. The molecule has 2 heterocycles. The van der Waals surface area contributed by atoms with Crippen molar-refractivity contribution in [2.45, 2.75) is 26.7 Å². The van der Waals surface area contributed by atoms with Gasteiger partial charge >= 0.3 is 0 Å². The summed E-state index contributed by atoms with van der Waals surface area (Å²) in [6, 6.07) is 2.14. The molecule has 0 aromatic carbocycles. The second-order valence-electron chi connectivity index (χ2n) is 4.11. The van der Waals surface area contributed by atoms with Gasteiger partial charge in [0.15, 0.2) is 0 Å². The van der Waals surface area contributed by atoms with Gasteiger partial charge in [-0.15, -0.1) is 22.9 Å². The van der Waals surface area contributed by atoms with Crippen LogP contribution >= 0.6 is 22.9 Å². The molecule has 0 saturated carbocycles. The van der Waals surface area contributed by atoms with Gasteiger partial charge in [0.05, 0.1) is 5.69 Å². The van der Waals surface area contributed by atoms with E-state index in [0.29, 0.717) is 5.88 Å². The molecule has 17 heavy (non-hydrogen) atoms. The van der Waals surface area contributed by atoms with Crippen LogP contribution < -0.4 is 0 Å². The minimum Gasteiger partial charge on any atom is -0.253 e. The lowest BCUT2D eigenvalue weighted by Crippen LogP contribution is -1.91. The summed E-state index contributed by atoms with van der Waals surface area (Å²) < 4.78 is 0. The van der Waals surface area contributed by atoms with Gasteiger partial charge in [-0.25, -0.2) is 4.98 Å². The molecule has 0 atom stereocenters. The van der Waals surface area contributed by atoms with E-state index in [0.717, 1.165) is 29.2 Å². The molecule has 0 aliphatic heterocycles. The summed E-state index contributed by atoms with van der Waals surface area (Å²) in [7, 11) is 0. The first kappa shape index (κ1) is 12.5. The van der Waals surface area contributed by atoms with Crippen LogP contribution in [0.4, 0.5) is 0 Å². The van der Waals surface area contributed by atoms with E-state index in [1.54, 1.807) is 11.3 Å². The molecule has 0 unspecified atom stereocenters. The van der Waals surface area contributed by atoms with Crippen molar-refractivity contribution < 1.29 is 0 Å². The molecule has 0 radical (unpaired) electrons. The van der Waals surface area contributed by atoms with Crippen LogP contribution in [0, 0.1) is 13.8 Å². The third-order valence-electron chi connectivity index (χ3n) is 2.54. The molecule has 2 aromatic heterocycles. The van der Waals surface area contributed by atoms with Crippen molar-refractivity contribution in [3.05, 3.63) is 34.5 Å². The average molecular weight is 267 g/mol. The summed E-state index contributed by atoms with van der Waals surface area (Å²) in [4.78, 5) is 9.07.